The third-order valence-corrected chi connectivity index (χ3v) is 10.1. The van der Waals surface area contributed by atoms with Crippen LogP contribution in [0.2, 0.25) is 0 Å². The van der Waals surface area contributed by atoms with Gasteiger partial charge in [-0.15, -0.1) is 0 Å². The molecule has 2 aliphatic heterocycles. The molecule has 27 heteroatoms. The Balaban J connectivity index is 1.21. The molecule has 2 saturated heterocycles. The van der Waals surface area contributed by atoms with Crippen molar-refractivity contribution < 1.29 is 85.3 Å². The number of hydrogen-bond donors (Lipinski definition) is 9. The molecule has 2 unspecified atom stereocenters. The van der Waals surface area contributed by atoms with Crippen molar-refractivity contribution in [3.63, 3.8) is 0 Å². The minimum Gasteiger partial charge on any atom is -0.387 e. The number of primary amides is 1. The highest BCUT2D eigenvalue weighted by molar-refractivity contribution is 7.61. The van der Waals surface area contributed by atoms with Crippen molar-refractivity contribution in [1.82, 2.24) is 19.5 Å². The van der Waals surface area contributed by atoms with E-state index >= 15 is 0 Å². The standard InChI is InChI=1S/C21H28N7O17P3/c22-17-12-19(25-7-24-17)28(8-26-12)21-16(44-46(33,34)35)14(30)11(43-21)6-41-48(38,39)45-47(36,37)40-5-10-13(29)15(31)20(42-10)27-3-1-2-9(4-27)18(23)32/h1-4,7-8,10-11,13-16,20-21,29-31H,5-6H2,(H7-,22,23,24,25,32,33,34,35,36,37,38,39)/p+1/t10-,11+,13-,14+,15-,16+,20+,21+/m0/s1. The Bertz CT molecular complexity index is 1810. The van der Waals surface area contributed by atoms with Gasteiger partial charge in [-0.25, -0.2) is 28.6 Å². The van der Waals surface area contributed by atoms with Crippen molar-refractivity contribution in [1.29, 1.82) is 0 Å². The molecule has 3 aromatic rings. The Morgan fingerprint density at radius 1 is 0.958 bits per heavy atom. The number of nitrogens with two attached hydrogens (primary N) is 2. The van der Waals surface area contributed by atoms with Gasteiger partial charge in [-0.1, -0.05) is 0 Å². The molecule has 1 amide bonds. The van der Waals surface area contributed by atoms with Crippen LogP contribution in [0.4, 0.5) is 5.82 Å². The summed E-state index contributed by atoms with van der Waals surface area (Å²) in [5.74, 6) is -0.848. The number of carbonyl (C=O) groups excluding carboxylic acids is 1. The maximum Gasteiger partial charge on any atom is 0.481 e. The first-order chi connectivity index (χ1) is 22.4. The second kappa shape index (κ2) is 13.8. The lowest BCUT2D eigenvalue weighted by atomic mass is 10.1. The third kappa shape index (κ3) is 8.12. The van der Waals surface area contributed by atoms with E-state index < -0.39 is 91.7 Å². The van der Waals surface area contributed by atoms with Crippen LogP contribution >= 0.6 is 23.5 Å². The third-order valence-electron chi connectivity index (χ3n) is 6.98. The molecular formula is C21H29N7O17P3+. The van der Waals surface area contributed by atoms with Gasteiger partial charge in [0, 0.05) is 6.07 Å². The fraction of sp³-hybridized carbons (Fsp3) is 0.476. The molecule has 0 spiro atoms. The predicted molar refractivity (Wildman–Crippen MR) is 150 cm³/mol. The van der Waals surface area contributed by atoms with E-state index in [1.165, 1.54) is 29.1 Å². The van der Waals surface area contributed by atoms with Crippen molar-refractivity contribution in [3.8, 4) is 0 Å². The Kier molecular flexibility index (Phi) is 10.5. The first-order valence-electron chi connectivity index (χ1n) is 13.3. The monoisotopic (exact) mass is 744 g/mol. The average molecular weight is 744 g/mol. The summed E-state index contributed by atoms with van der Waals surface area (Å²) in [7, 11) is -16.3. The number of ether oxygens (including phenoxy) is 2. The fourth-order valence-corrected chi connectivity index (χ4v) is 7.47. The highest BCUT2D eigenvalue weighted by Gasteiger charge is 2.51. The molecule has 0 aromatic carbocycles. The van der Waals surface area contributed by atoms with E-state index in [0.29, 0.717) is 0 Å². The van der Waals surface area contributed by atoms with E-state index in [9.17, 15) is 53.4 Å². The van der Waals surface area contributed by atoms with Gasteiger partial charge in [0.25, 0.3) is 12.1 Å². The molecule has 24 nitrogen and oxygen atoms in total. The van der Waals surface area contributed by atoms with Crippen LogP contribution in [-0.4, -0.2) is 110 Å². The number of nitrogens with zero attached hydrogens (tertiary/aromatic N) is 5. The second-order valence-corrected chi connectivity index (χ2v) is 14.5. The Labute approximate surface area is 267 Å². The highest BCUT2D eigenvalue weighted by atomic mass is 31.3. The number of hydrogen-bond acceptors (Lipinski definition) is 17. The number of phosphoric ester groups is 3. The molecule has 5 heterocycles. The summed E-state index contributed by atoms with van der Waals surface area (Å²) < 4.78 is 68.4. The SMILES string of the molecule is NC(=O)c1ccc[n+]([C@@H]2O[C@@H](COP(=O)(O)OP(=O)(O)OC[C@H]3O[C@@H](n4cnc5c(N)ncnc54)[C@H](OP(=O)(O)O)[C@@H]3O)[C@H](O)[C@@H]2O)c1. The van der Waals surface area contributed by atoms with Gasteiger partial charge >= 0.3 is 23.5 Å². The topological polar surface area (TPSA) is 365 Å². The smallest absolute Gasteiger partial charge is 0.387 e. The molecule has 0 saturated carbocycles. The zero-order valence-electron chi connectivity index (χ0n) is 23.9. The Morgan fingerprint density at radius 3 is 2.23 bits per heavy atom. The van der Waals surface area contributed by atoms with E-state index in [4.69, 9.17) is 30.0 Å². The van der Waals surface area contributed by atoms with Gasteiger partial charge in [0.1, 0.15) is 47.9 Å². The number of amides is 1. The average Bonchev–Trinajstić information content (AvgIpc) is 3.64. The first kappa shape index (κ1) is 36.4. The number of aliphatic hydroxyl groups excluding tert-OH is 3. The zero-order valence-corrected chi connectivity index (χ0v) is 26.6. The largest absolute Gasteiger partial charge is 0.481 e. The number of imidazole rings is 1. The zero-order chi connectivity index (χ0) is 35.2. The number of phosphoric acid groups is 3. The Hall–Kier alpha value is -2.86. The fourth-order valence-electron chi connectivity index (χ4n) is 4.83. The van der Waals surface area contributed by atoms with E-state index in [-0.39, 0.29) is 22.5 Å². The summed E-state index contributed by atoms with van der Waals surface area (Å²) in [6.07, 6.45) is -8.39. The van der Waals surface area contributed by atoms with Crippen LogP contribution in [0.1, 0.15) is 22.8 Å². The molecule has 264 valence electrons. The van der Waals surface area contributed by atoms with Gasteiger partial charge in [-0.2, -0.15) is 8.88 Å². The minimum atomic E-state index is -5.52. The molecule has 10 atom stereocenters. The highest BCUT2D eigenvalue weighted by Crippen LogP contribution is 2.61. The van der Waals surface area contributed by atoms with E-state index in [0.717, 1.165) is 17.2 Å². The number of aliphatic hydroxyl groups is 3. The molecule has 2 aliphatic rings. The maximum absolute atomic E-state index is 12.6. The number of nitrogen functional groups attached to an aromatic ring is 1. The molecule has 0 bridgehead atoms. The summed E-state index contributed by atoms with van der Waals surface area (Å²) in [6.45, 7) is -2.03. The van der Waals surface area contributed by atoms with Crippen molar-refractivity contribution in [3.05, 3.63) is 42.7 Å². The predicted octanol–water partition coefficient (Wildman–Crippen LogP) is -2.90. The van der Waals surface area contributed by atoms with Crippen molar-refractivity contribution in [2.45, 2.75) is 49.1 Å². The molecular weight excluding hydrogens is 715 g/mol. The normalized spacial score (nSPS) is 30.3. The summed E-state index contributed by atoms with van der Waals surface area (Å²) in [6, 6.07) is 2.79. The van der Waals surface area contributed by atoms with Gasteiger partial charge in [0.2, 0.25) is 0 Å². The summed E-state index contributed by atoms with van der Waals surface area (Å²) in [4.78, 5) is 62.2. The molecule has 0 radical (unpaired) electrons. The van der Waals surface area contributed by atoms with Crippen LogP contribution in [-0.2, 0) is 41.1 Å². The van der Waals surface area contributed by atoms with Gasteiger partial charge < -0.3 is 55.8 Å². The molecule has 2 fully saturated rings. The van der Waals surface area contributed by atoms with Crippen LogP contribution in [0, 0.1) is 0 Å². The van der Waals surface area contributed by atoms with Crippen LogP contribution in [0.15, 0.2) is 37.2 Å². The number of pyridine rings is 1. The number of aromatic nitrogens is 5. The summed E-state index contributed by atoms with van der Waals surface area (Å²) in [5.41, 5.74) is 11.1. The first-order valence-corrected chi connectivity index (χ1v) is 17.9. The van der Waals surface area contributed by atoms with Gasteiger partial charge in [-0.05, 0) is 6.07 Å². The molecule has 48 heavy (non-hydrogen) atoms. The molecule has 3 aromatic heterocycles. The molecule has 5 rings (SSSR count). The lowest BCUT2D eigenvalue weighted by Gasteiger charge is -2.22. The number of fused-ring (bicyclic) bond motifs is 1. The van der Waals surface area contributed by atoms with Gasteiger partial charge in [0.05, 0.1) is 19.5 Å². The lowest BCUT2D eigenvalue weighted by Crippen LogP contribution is -2.46. The van der Waals surface area contributed by atoms with Crippen LogP contribution < -0.4 is 16.0 Å². The van der Waals surface area contributed by atoms with Crippen LogP contribution in [0.3, 0.4) is 0 Å². The van der Waals surface area contributed by atoms with Crippen LogP contribution in [0.5, 0.6) is 0 Å². The van der Waals surface area contributed by atoms with E-state index in [1.54, 1.807) is 0 Å². The quantitative estimate of drug-likeness (QED) is 0.0626. The van der Waals surface area contributed by atoms with Crippen molar-refractivity contribution in [2.24, 2.45) is 5.73 Å². The lowest BCUT2D eigenvalue weighted by molar-refractivity contribution is -0.765. The Morgan fingerprint density at radius 2 is 1.60 bits per heavy atom. The summed E-state index contributed by atoms with van der Waals surface area (Å²) in [5, 5.41) is 31.5. The number of rotatable bonds is 13. The number of carbonyl (C=O) groups is 1. The van der Waals surface area contributed by atoms with E-state index in [1.807, 2.05) is 0 Å². The molecule has 0 aliphatic carbocycles. The van der Waals surface area contributed by atoms with Crippen molar-refractivity contribution >= 4 is 46.4 Å². The van der Waals surface area contributed by atoms with Crippen molar-refractivity contribution in [2.75, 3.05) is 18.9 Å². The van der Waals surface area contributed by atoms with Crippen LogP contribution in [0.25, 0.3) is 11.2 Å². The van der Waals surface area contributed by atoms with E-state index in [2.05, 4.69) is 23.8 Å². The molecule has 11 N–H and O–H groups in total. The second-order valence-electron chi connectivity index (χ2n) is 10.3. The van der Waals surface area contributed by atoms with Gasteiger partial charge in [-0.3, -0.25) is 22.9 Å². The maximum atomic E-state index is 12.6. The van der Waals surface area contributed by atoms with Gasteiger partial charge in [0.15, 0.2) is 36.2 Å². The number of anilines is 1. The summed E-state index contributed by atoms with van der Waals surface area (Å²) >= 11 is 0. The minimum absolute atomic E-state index is 0.00286.